The smallest absolute Gasteiger partial charge is 0.318 e. The fraction of sp³-hybridized carbons (Fsp3) is 0.400. The summed E-state index contributed by atoms with van der Waals surface area (Å²) in [7, 11) is 0. The number of carbonyl (C=O) groups excluding carboxylic acids is 1. The van der Waals surface area contributed by atoms with Gasteiger partial charge in [0.15, 0.2) is 0 Å². The lowest BCUT2D eigenvalue weighted by Crippen LogP contribution is -2.39. The minimum absolute atomic E-state index is 0.134. The average molecular weight is 432 g/mol. The van der Waals surface area contributed by atoms with Crippen LogP contribution in [0.2, 0.25) is 5.02 Å². The van der Waals surface area contributed by atoms with Crippen LogP contribution < -0.4 is 10.9 Å². The van der Waals surface area contributed by atoms with Gasteiger partial charge in [-0.1, -0.05) is 48.9 Å². The number of fused-ring (bicyclic) bond motifs is 1. The van der Waals surface area contributed by atoms with Gasteiger partial charge in [-0.2, -0.15) is 9.61 Å². The molecule has 7 nitrogen and oxygen atoms in total. The molecule has 2 amide bonds. The van der Waals surface area contributed by atoms with Gasteiger partial charge in [-0.05, 0) is 36.5 Å². The van der Waals surface area contributed by atoms with E-state index in [9.17, 15) is 9.59 Å². The van der Waals surface area contributed by atoms with Crippen LogP contribution in [0.25, 0.3) is 4.96 Å². The fourth-order valence-electron chi connectivity index (χ4n) is 3.42. The topological polar surface area (TPSA) is 79.6 Å². The average Bonchev–Trinajstić information content (AvgIpc) is 3.34. The van der Waals surface area contributed by atoms with Crippen molar-refractivity contribution < 1.29 is 4.79 Å². The van der Waals surface area contributed by atoms with Crippen molar-refractivity contribution in [2.24, 2.45) is 0 Å². The van der Waals surface area contributed by atoms with Crippen molar-refractivity contribution in [1.82, 2.24) is 24.8 Å². The molecule has 29 heavy (non-hydrogen) atoms. The normalized spacial score (nSPS) is 16.7. The molecule has 0 aliphatic carbocycles. The Balaban J connectivity index is 1.53. The van der Waals surface area contributed by atoms with Crippen molar-refractivity contribution in [2.45, 2.75) is 45.2 Å². The van der Waals surface area contributed by atoms with Gasteiger partial charge in [-0.25, -0.2) is 9.78 Å². The molecule has 1 fully saturated rings. The van der Waals surface area contributed by atoms with Crippen LogP contribution in [-0.4, -0.2) is 32.1 Å². The highest BCUT2D eigenvalue weighted by Gasteiger charge is 2.32. The zero-order valence-electron chi connectivity index (χ0n) is 16.3. The Bertz CT molecular complexity index is 1090. The predicted octanol–water partition coefficient (Wildman–Crippen LogP) is 3.97. The van der Waals surface area contributed by atoms with E-state index in [2.05, 4.69) is 15.4 Å². The number of amides is 2. The molecule has 0 unspecified atom stereocenters. The third-order valence-corrected chi connectivity index (χ3v) is 6.29. The van der Waals surface area contributed by atoms with E-state index < -0.39 is 0 Å². The first-order valence-corrected chi connectivity index (χ1v) is 10.8. The highest BCUT2D eigenvalue weighted by atomic mass is 35.5. The van der Waals surface area contributed by atoms with Crippen LogP contribution in [0.1, 0.15) is 54.9 Å². The minimum Gasteiger partial charge on any atom is -0.334 e. The monoisotopic (exact) mass is 431 g/mol. The van der Waals surface area contributed by atoms with Crippen molar-refractivity contribution in [2.75, 3.05) is 6.54 Å². The number of carbonyl (C=O) groups is 1. The Kier molecular flexibility index (Phi) is 5.56. The third-order valence-electron chi connectivity index (χ3n) is 5.03. The van der Waals surface area contributed by atoms with Crippen molar-refractivity contribution in [3.05, 3.63) is 62.0 Å². The molecule has 1 aromatic carbocycles. The second-order valence-electron chi connectivity index (χ2n) is 7.45. The number of halogens is 1. The van der Waals surface area contributed by atoms with E-state index in [1.54, 1.807) is 17.0 Å². The summed E-state index contributed by atoms with van der Waals surface area (Å²) in [6.45, 7) is 5.10. The van der Waals surface area contributed by atoms with Crippen LogP contribution in [-0.2, 0) is 6.54 Å². The Hall–Kier alpha value is -2.45. The summed E-state index contributed by atoms with van der Waals surface area (Å²) in [6.07, 6.45) is 1.72. The molecule has 1 saturated heterocycles. The molecule has 4 rings (SSSR count). The number of nitrogens with one attached hydrogen (secondary N) is 1. The van der Waals surface area contributed by atoms with Crippen molar-refractivity contribution in [1.29, 1.82) is 0 Å². The quantitative estimate of drug-likeness (QED) is 0.677. The highest BCUT2D eigenvalue weighted by molar-refractivity contribution is 7.16. The summed E-state index contributed by atoms with van der Waals surface area (Å²) in [4.78, 5) is 32.1. The Labute approximate surface area is 177 Å². The Morgan fingerprint density at radius 1 is 1.34 bits per heavy atom. The molecule has 0 bridgehead atoms. The SMILES string of the molecule is CC(C)c1cc(=O)n2nc([C@H]3CCCN3C(=O)NCc3ccc(Cl)cc3)sc2n1. The molecule has 152 valence electrons. The first kappa shape index (κ1) is 19.8. The lowest BCUT2D eigenvalue weighted by Gasteiger charge is -2.23. The molecule has 2 aromatic heterocycles. The van der Waals surface area contributed by atoms with Crippen LogP contribution >= 0.6 is 22.9 Å². The standard InChI is InChI=1S/C20H22ClN5O2S/c1-12(2)15-10-17(27)26-20(23-15)29-18(24-26)16-4-3-9-25(16)19(28)22-11-13-5-7-14(21)8-6-13/h5-8,10,12,16H,3-4,9,11H2,1-2H3,(H,22,28)/t16-/m1/s1. The molecule has 0 radical (unpaired) electrons. The summed E-state index contributed by atoms with van der Waals surface area (Å²) in [5.74, 6) is 0.167. The van der Waals surface area contributed by atoms with E-state index in [-0.39, 0.29) is 23.6 Å². The second-order valence-corrected chi connectivity index (χ2v) is 8.87. The Morgan fingerprint density at radius 2 is 2.10 bits per heavy atom. The van der Waals surface area contributed by atoms with Crippen LogP contribution in [0, 0.1) is 0 Å². The maximum atomic E-state index is 12.8. The van der Waals surface area contributed by atoms with E-state index >= 15 is 0 Å². The van der Waals surface area contributed by atoms with Gasteiger partial charge < -0.3 is 10.2 Å². The number of rotatable bonds is 4. The van der Waals surface area contributed by atoms with E-state index in [0.717, 1.165) is 29.1 Å². The predicted molar refractivity (Wildman–Crippen MR) is 114 cm³/mol. The third kappa shape index (κ3) is 4.13. The zero-order valence-corrected chi connectivity index (χ0v) is 17.8. The summed E-state index contributed by atoms with van der Waals surface area (Å²) < 4.78 is 1.34. The van der Waals surface area contributed by atoms with Crippen LogP contribution in [0.5, 0.6) is 0 Å². The first-order valence-electron chi connectivity index (χ1n) is 9.62. The maximum absolute atomic E-state index is 12.8. The van der Waals surface area contributed by atoms with Gasteiger partial charge in [0, 0.05) is 24.2 Å². The molecule has 3 heterocycles. The van der Waals surface area contributed by atoms with Gasteiger partial charge >= 0.3 is 6.03 Å². The van der Waals surface area contributed by atoms with Crippen LogP contribution in [0.15, 0.2) is 35.1 Å². The van der Waals surface area contributed by atoms with Gasteiger partial charge in [0.05, 0.1) is 11.7 Å². The molecular weight excluding hydrogens is 410 g/mol. The number of nitrogens with zero attached hydrogens (tertiary/aromatic N) is 4. The van der Waals surface area contributed by atoms with Gasteiger partial charge in [-0.15, -0.1) is 0 Å². The molecule has 1 aliphatic rings. The molecule has 9 heteroatoms. The van der Waals surface area contributed by atoms with E-state index in [4.69, 9.17) is 11.6 Å². The van der Waals surface area contributed by atoms with Crippen molar-refractivity contribution in [3.8, 4) is 0 Å². The largest absolute Gasteiger partial charge is 0.334 e. The lowest BCUT2D eigenvalue weighted by molar-refractivity contribution is 0.192. The number of hydrogen-bond acceptors (Lipinski definition) is 5. The molecular formula is C20H22ClN5O2S. The van der Waals surface area contributed by atoms with Crippen LogP contribution in [0.3, 0.4) is 0 Å². The van der Waals surface area contributed by atoms with E-state index in [1.165, 1.54) is 21.9 Å². The number of likely N-dealkylation sites (tertiary alicyclic amines) is 1. The van der Waals surface area contributed by atoms with Gasteiger partial charge in [0.25, 0.3) is 5.56 Å². The minimum atomic E-state index is -0.182. The maximum Gasteiger partial charge on any atom is 0.318 e. The molecule has 3 aromatic rings. The second kappa shape index (κ2) is 8.12. The van der Waals surface area contributed by atoms with E-state index in [1.807, 2.05) is 26.0 Å². The summed E-state index contributed by atoms with van der Waals surface area (Å²) in [5, 5.41) is 8.86. The molecule has 1 N–H and O–H groups in total. The van der Waals surface area contributed by atoms with Crippen molar-refractivity contribution >= 4 is 33.9 Å². The van der Waals surface area contributed by atoms with Gasteiger partial charge in [-0.3, -0.25) is 4.79 Å². The lowest BCUT2D eigenvalue weighted by atomic mass is 10.1. The Morgan fingerprint density at radius 3 is 2.83 bits per heavy atom. The number of urea groups is 1. The van der Waals surface area contributed by atoms with E-state index in [0.29, 0.717) is 23.1 Å². The first-order chi connectivity index (χ1) is 13.9. The summed E-state index contributed by atoms with van der Waals surface area (Å²) in [5.41, 5.74) is 1.56. The number of benzene rings is 1. The summed E-state index contributed by atoms with van der Waals surface area (Å²) in [6, 6.07) is 8.65. The fourth-order valence-corrected chi connectivity index (χ4v) is 4.61. The molecule has 0 saturated carbocycles. The van der Waals surface area contributed by atoms with Gasteiger partial charge in [0.1, 0.15) is 5.01 Å². The number of aromatic nitrogens is 3. The molecule has 1 atom stereocenters. The van der Waals surface area contributed by atoms with Gasteiger partial charge in [0.2, 0.25) is 4.96 Å². The molecule has 0 spiro atoms. The number of hydrogen-bond donors (Lipinski definition) is 1. The highest BCUT2D eigenvalue weighted by Crippen LogP contribution is 2.34. The van der Waals surface area contributed by atoms with Crippen molar-refractivity contribution in [3.63, 3.8) is 0 Å². The zero-order chi connectivity index (χ0) is 20.5. The van der Waals surface area contributed by atoms with Crippen LogP contribution in [0.4, 0.5) is 4.79 Å². The summed E-state index contributed by atoms with van der Waals surface area (Å²) >= 11 is 7.29. The molecule has 1 aliphatic heterocycles.